The second-order valence-electron chi connectivity index (χ2n) is 4.15. The summed E-state index contributed by atoms with van der Waals surface area (Å²) in [5.74, 6) is 3.58. The molecule has 0 aromatic heterocycles. The molecule has 0 bridgehead atoms. The van der Waals surface area contributed by atoms with E-state index in [0.29, 0.717) is 0 Å². The van der Waals surface area contributed by atoms with Crippen LogP contribution in [0, 0.1) is 18.3 Å². The van der Waals surface area contributed by atoms with Crippen molar-refractivity contribution in [2.45, 2.75) is 51.5 Å². The molecule has 0 spiro atoms. The molecule has 0 heterocycles. The minimum Gasteiger partial charge on any atom is -0.304 e. The zero-order valence-corrected chi connectivity index (χ0v) is 8.68. The standard InChI is InChI=1S/C12H21N/c1-3-11(2)13-10-12-8-6-4-5-7-9-12/h1,11-13H,4-10H2,2H3. The predicted octanol–water partition coefficient (Wildman–Crippen LogP) is 2.57. The highest BCUT2D eigenvalue weighted by Gasteiger charge is 2.12. The van der Waals surface area contributed by atoms with Gasteiger partial charge in [-0.1, -0.05) is 31.6 Å². The molecule has 0 amide bonds. The maximum Gasteiger partial charge on any atom is 0.0658 e. The average molecular weight is 179 g/mol. The van der Waals surface area contributed by atoms with Crippen LogP contribution in [0.25, 0.3) is 0 Å². The molecule has 1 rings (SSSR count). The maximum atomic E-state index is 5.31. The van der Waals surface area contributed by atoms with Gasteiger partial charge in [0.2, 0.25) is 0 Å². The van der Waals surface area contributed by atoms with E-state index in [0.717, 1.165) is 12.5 Å². The van der Waals surface area contributed by atoms with Crippen molar-refractivity contribution in [3.05, 3.63) is 0 Å². The molecule has 1 saturated carbocycles. The molecule has 1 aliphatic rings. The molecule has 0 radical (unpaired) electrons. The van der Waals surface area contributed by atoms with Crippen molar-refractivity contribution >= 4 is 0 Å². The molecule has 1 heteroatoms. The predicted molar refractivity (Wildman–Crippen MR) is 57.5 cm³/mol. The first-order chi connectivity index (χ1) is 6.33. The monoisotopic (exact) mass is 179 g/mol. The van der Waals surface area contributed by atoms with Crippen LogP contribution in [0.1, 0.15) is 45.4 Å². The Balaban J connectivity index is 2.16. The fourth-order valence-electron chi connectivity index (χ4n) is 1.97. The lowest BCUT2D eigenvalue weighted by Gasteiger charge is -2.16. The molecule has 74 valence electrons. The Morgan fingerprint density at radius 1 is 1.31 bits per heavy atom. The van der Waals surface area contributed by atoms with E-state index >= 15 is 0 Å². The highest BCUT2D eigenvalue weighted by molar-refractivity contribution is 4.95. The first-order valence-corrected chi connectivity index (χ1v) is 5.52. The lowest BCUT2D eigenvalue weighted by atomic mass is 10.0. The molecule has 1 fully saturated rings. The molecule has 1 nitrogen and oxygen atoms in total. The second-order valence-corrected chi connectivity index (χ2v) is 4.15. The summed E-state index contributed by atoms with van der Waals surface area (Å²) in [6.45, 7) is 3.17. The van der Waals surface area contributed by atoms with Crippen molar-refractivity contribution in [2.24, 2.45) is 5.92 Å². The van der Waals surface area contributed by atoms with E-state index in [2.05, 4.69) is 18.2 Å². The topological polar surface area (TPSA) is 12.0 Å². The van der Waals surface area contributed by atoms with Crippen molar-refractivity contribution in [2.75, 3.05) is 6.54 Å². The summed E-state index contributed by atoms with van der Waals surface area (Å²) in [5, 5.41) is 3.39. The molecule has 1 N–H and O–H groups in total. The highest BCUT2D eigenvalue weighted by atomic mass is 14.9. The van der Waals surface area contributed by atoms with Crippen LogP contribution in [0.4, 0.5) is 0 Å². The van der Waals surface area contributed by atoms with E-state index < -0.39 is 0 Å². The van der Waals surface area contributed by atoms with Gasteiger partial charge in [-0.2, -0.15) is 0 Å². The van der Waals surface area contributed by atoms with Gasteiger partial charge in [-0.3, -0.25) is 0 Å². The first-order valence-electron chi connectivity index (χ1n) is 5.52. The summed E-state index contributed by atoms with van der Waals surface area (Å²) in [6.07, 6.45) is 13.8. The van der Waals surface area contributed by atoms with Crippen LogP contribution in [0.5, 0.6) is 0 Å². The molecule has 0 aliphatic heterocycles. The lowest BCUT2D eigenvalue weighted by Crippen LogP contribution is -2.29. The van der Waals surface area contributed by atoms with Crippen LogP contribution >= 0.6 is 0 Å². The van der Waals surface area contributed by atoms with Crippen molar-refractivity contribution in [1.29, 1.82) is 0 Å². The molecular formula is C12H21N. The Bertz CT molecular complexity index is 160. The zero-order valence-electron chi connectivity index (χ0n) is 8.68. The number of nitrogens with one attached hydrogen (secondary N) is 1. The maximum absolute atomic E-state index is 5.31. The summed E-state index contributed by atoms with van der Waals surface area (Å²) in [6, 6.07) is 0.239. The van der Waals surface area contributed by atoms with Crippen molar-refractivity contribution < 1.29 is 0 Å². The van der Waals surface area contributed by atoms with Crippen molar-refractivity contribution in [1.82, 2.24) is 5.32 Å². The Morgan fingerprint density at radius 2 is 1.92 bits per heavy atom. The van der Waals surface area contributed by atoms with E-state index in [1.807, 2.05) is 0 Å². The largest absolute Gasteiger partial charge is 0.304 e. The van der Waals surface area contributed by atoms with Gasteiger partial charge in [0.05, 0.1) is 6.04 Å². The third-order valence-electron chi connectivity index (χ3n) is 2.94. The summed E-state index contributed by atoms with van der Waals surface area (Å²) < 4.78 is 0. The SMILES string of the molecule is C#CC(C)NCC1CCCCCC1. The van der Waals surface area contributed by atoms with Crippen LogP contribution in [-0.2, 0) is 0 Å². The quantitative estimate of drug-likeness (QED) is 0.518. The van der Waals surface area contributed by atoms with E-state index in [-0.39, 0.29) is 6.04 Å². The van der Waals surface area contributed by atoms with E-state index in [9.17, 15) is 0 Å². The van der Waals surface area contributed by atoms with E-state index in [1.165, 1.54) is 38.5 Å². The number of rotatable bonds is 3. The summed E-state index contributed by atoms with van der Waals surface area (Å²) in [5.41, 5.74) is 0. The van der Waals surface area contributed by atoms with Crippen LogP contribution < -0.4 is 5.32 Å². The Hall–Kier alpha value is -0.480. The van der Waals surface area contributed by atoms with E-state index in [4.69, 9.17) is 6.42 Å². The molecule has 0 saturated heterocycles. The van der Waals surface area contributed by atoms with Gasteiger partial charge in [-0.05, 0) is 32.2 Å². The molecule has 1 atom stereocenters. The van der Waals surface area contributed by atoms with Gasteiger partial charge < -0.3 is 5.32 Å². The Kier molecular flexibility index (Phi) is 4.93. The Morgan fingerprint density at radius 3 is 2.46 bits per heavy atom. The zero-order chi connectivity index (χ0) is 9.52. The highest BCUT2D eigenvalue weighted by Crippen LogP contribution is 2.22. The summed E-state index contributed by atoms with van der Waals surface area (Å²) >= 11 is 0. The van der Waals surface area contributed by atoms with Gasteiger partial charge >= 0.3 is 0 Å². The fourth-order valence-corrected chi connectivity index (χ4v) is 1.97. The van der Waals surface area contributed by atoms with Crippen LogP contribution in [0.2, 0.25) is 0 Å². The van der Waals surface area contributed by atoms with Crippen LogP contribution in [0.3, 0.4) is 0 Å². The summed E-state index contributed by atoms with van der Waals surface area (Å²) in [7, 11) is 0. The minimum absolute atomic E-state index is 0.239. The van der Waals surface area contributed by atoms with Gasteiger partial charge in [-0.25, -0.2) is 0 Å². The number of terminal acetylenes is 1. The molecule has 0 aromatic carbocycles. The van der Waals surface area contributed by atoms with Gasteiger partial charge in [0.15, 0.2) is 0 Å². The van der Waals surface area contributed by atoms with E-state index in [1.54, 1.807) is 0 Å². The van der Waals surface area contributed by atoms with Crippen molar-refractivity contribution in [3.8, 4) is 12.3 Å². The third-order valence-corrected chi connectivity index (χ3v) is 2.94. The second kappa shape index (κ2) is 6.05. The van der Waals surface area contributed by atoms with Gasteiger partial charge in [0, 0.05) is 0 Å². The minimum atomic E-state index is 0.239. The van der Waals surface area contributed by atoms with Crippen LogP contribution in [0.15, 0.2) is 0 Å². The van der Waals surface area contributed by atoms with Gasteiger partial charge in [0.25, 0.3) is 0 Å². The summed E-state index contributed by atoms with van der Waals surface area (Å²) in [4.78, 5) is 0. The van der Waals surface area contributed by atoms with Crippen LogP contribution in [-0.4, -0.2) is 12.6 Å². The Labute approximate surface area is 82.3 Å². The normalized spacial score (nSPS) is 21.8. The molecule has 1 unspecified atom stereocenters. The molecule has 1 aliphatic carbocycles. The first kappa shape index (κ1) is 10.6. The van der Waals surface area contributed by atoms with Crippen molar-refractivity contribution in [3.63, 3.8) is 0 Å². The van der Waals surface area contributed by atoms with Gasteiger partial charge in [-0.15, -0.1) is 6.42 Å². The van der Waals surface area contributed by atoms with Gasteiger partial charge in [0.1, 0.15) is 0 Å². The molecule has 0 aromatic rings. The number of hydrogen-bond acceptors (Lipinski definition) is 1. The molecular weight excluding hydrogens is 158 g/mol. The smallest absolute Gasteiger partial charge is 0.0658 e. The number of hydrogen-bond donors (Lipinski definition) is 1. The lowest BCUT2D eigenvalue weighted by molar-refractivity contribution is 0.418. The average Bonchev–Trinajstić information content (AvgIpc) is 2.42. The molecule has 13 heavy (non-hydrogen) atoms. The fraction of sp³-hybridized carbons (Fsp3) is 0.833. The third kappa shape index (κ3) is 4.33.